The number of urea groups is 1. The summed E-state index contributed by atoms with van der Waals surface area (Å²) in [5.74, 6) is -0.284. The number of nitrogens with one attached hydrogen (secondary N) is 1. The summed E-state index contributed by atoms with van der Waals surface area (Å²) in [4.78, 5) is 22.4. The Kier molecular flexibility index (Phi) is 7.93. The van der Waals surface area contributed by atoms with Crippen LogP contribution < -0.4 is 5.32 Å². The van der Waals surface area contributed by atoms with Crippen molar-refractivity contribution in [1.29, 1.82) is 0 Å². The third-order valence-corrected chi connectivity index (χ3v) is 5.85. The lowest BCUT2D eigenvalue weighted by atomic mass is 10.2. The van der Waals surface area contributed by atoms with Gasteiger partial charge in [-0.1, -0.05) is 24.3 Å². The van der Waals surface area contributed by atoms with E-state index in [0.717, 1.165) is 11.3 Å². The molecule has 1 unspecified atom stereocenters. The van der Waals surface area contributed by atoms with E-state index in [-0.39, 0.29) is 17.9 Å². The molecule has 158 valence electrons. The number of thiophene rings is 1. The van der Waals surface area contributed by atoms with Crippen molar-refractivity contribution in [1.82, 2.24) is 20.1 Å². The lowest BCUT2D eigenvalue weighted by Crippen LogP contribution is -2.43. The third-order valence-electron chi connectivity index (χ3n) is 4.88. The number of rotatable bonds is 9. The van der Waals surface area contributed by atoms with Crippen LogP contribution in [0.4, 0.5) is 9.18 Å². The van der Waals surface area contributed by atoms with E-state index in [1.54, 1.807) is 34.6 Å². The van der Waals surface area contributed by atoms with Crippen molar-refractivity contribution in [2.45, 2.75) is 19.0 Å². The van der Waals surface area contributed by atoms with Gasteiger partial charge in [-0.05, 0) is 55.4 Å². The van der Waals surface area contributed by atoms with Crippen LogP contribution in [0.3, 0.4) is 0 Å². The summed E-state index contributed by atoms with van der Waals surface area (Å²) in [6.07, 6.45) is 2.40. The van der Waals surface area contributed by atoms with E-state index in [1.807, 2.05) is 43.7 Å². The molecule has 3 aromatic rings. The number of carbonyl (C=O) groups excluding carboxylic acids is 1. The van der Waals surface area contributed by atoms with Gasteiger partial charge in [0, 0.05) is 42.8 Å². The van der Waals surface area contributed by atoms with Gasteiger partial charge >= 0.3 is 6.03 Å². The third kappa shape index (κ3) is 6.37. The van der Waals surface area contributed by atoms with Crippen LogP contribution >= 0.6 is 11.3 Å². The number of hydrogen-bond acceptors (Lipinski definition) is 4. The molecule has 7 heteroatoms. The van der Waals surface area contributed by atoms with Crippen LogP contribution in [0.5, 0.6) is 0 Å². The van der Waals surface area contributed by atoms with Gasteiger partial charge in [-0.15, -0.1) is 11.3 Å². The molecule has 0 aliphatic heterocycles. The van der Waals surface area contributed by atoms with Gasteiger partial charge in [-0.25, -0.2) is 9.18 Å². The smallest absolute Gasteiger partial charge is 0.317 e. The number of amides is 2. The lowest BCUT2D eigenvalue weighted by molar-refractivity contribution is 0.190. The first-order valence-electron chi connectivity index (χ1n) is 9.90. The molecular weight excluding hydrogens is 399 g/mol. The molecular formula is C23H27FN4OS. The molecule has 0 fully saturated rings. The molecule has 2 amide bonds. The van der Waals surface area contributed by atoms with Gasteiger partial charge < -0.3 is 15.1 Å². The van der Waals surface area contributed by atoms with Crippen LogP contribution in [0.25, 0.3) is 0 Å². The molecule has 0 aliphatic carbocycles. The number of carbonyl (C=O) groups is 1. The fourth-order valence-electron chi connectivity index (χ4n) is 3.17. The summed E-state index contributed by atoms with van der Waals surface area (Å²) in [5, 5.41) is 5.12. The molecule has 1 aromatic carbocycles. The number of halogens is 1. The highest BCUT2D eigenvalue weighted by Crippen LogP contribution is 2.22. The fourth-order valence-corrected chi connectivity index (χ4v) is 4.10. The quantitative estimate of drug-likeness (QED) is 0.554. The number of likely N-dealkylation sites (N-methyl/N-ethyl adjacent to an activating group) is 1. The van der Waals surface area contributed by atoms with Gasteiger partial charge in [0.05, 0.1) is 6.04 Å². The van der Waals surface area contributed by atoms with Crippen LogP contribution in [-0.2, 0) is 13.0 Å². The Bertz CT molecular complexity index is 901. The van der Waals surface area contributed by atoms with Gasteiger partial charge in [-0.3, -0.25) is 4.98 Å². The predicted octanol–water partition coefficient (Wildman–Crippen LogP) is 4.34. The Balaban J connectivity index is 1.67. The molecule has 0 spiro atoms. The first kappa shape index (κ1) is 21.9. The molecule has 0 saturated carbocycles. The van der Waals surface area contributed by atoms with Crippen molar-refractivity contribution in [3.63, 3.8) is 0 Å². The molecule has 3 rings (SSSR count). The first-order valence-corrected chi connectivity index (χ1v) is 10.8. The van der Waals surface area contributed by atoms with Gasteiger partial charge in [0.25, 0.3) is 0 Å². The maximum absolute atomic E-state index is 13.3. The van der Waals surface area contributed by atoms with Crippen LogP contribution in [-0.4, -0.2) is 48.0 Å². The SMILES string of the molecule is CN(C)C(CNC(=O)N(CCc1ccccn1)Cc1ccc(F)cc1)c1cccs1. The predicted molar refractivity (Wildman–Crippen MR) is 119 cm³/mol. The second kappa shape index (κ2) is 10.8. The van der Waals surface area contributed by atoms with E-state index in [1.165, 1.54) is 17.0 Å². The molecule has 0 aliphatic rings. The van der Waals surface area contributed by atoms with Crippen molar-refractivity contribution < 1.29 is 9.18 Å². The number of pyridine rings is 1. The molecule has 0 bridgehead atoms. The van der Waals surface area contributed by atoms with Crippen molar-refractivity contribution in [3.8, 4) is 0 Å². The molecule has 1 N–H and O–H groups in total. The Morgan fingerprint density at radius 3 is 2.57 bits per heavy atom. The monoisotopic (exact) mass is 426 g/mol. The second-order valence-corrected chi connectivity index (χ2v) is 8.28. The van der Waals surface area contributed by atoms with Gasteiger partial charge in [0.2, 0.25) is 0 Å². The van der Waals surface area contributed by atoms with Gasteiger partial charge in [0.1, 0.15) is 5.82 Å². The van der Waals surface area contributed by atoms with E-state index >= 15 is 0 Å². The maximum Gasteiger partial charge on any atom is 0.317 e. The zero-order chi connectivity index (χ0) is 21.3. The summed E-state index contributed by atoms with van der Waals surface area (Å²) in [6.45, 7) is 1.44. The summed E-state index contributed by atoms with van der Waals surface area (Å²) in [5.41, 5.74) is 1.81. The van der Waals surface area contributed by atoms with Crippen molar-refractivity contribution in [2.24, 2.45) is 0 Å². The number of benzene rings is 1. The second-order valence-electron chi connectivity index (χ2n) is 7.30. The van der Waals surface area contributed by atoms with Crippen molar-refractivity contribution in [3.05, 3.63) is 88.1 Å². The van der Waals surface area contributed by atoms with E-state index < -0.39 is 0 Å². The molecule has 0 radical (unpaired) electrons. The Morgan fingerprint density at radius 1 is 1.13 bits per heavy atom. The van der Waals surface area contributed by atoms with E-state index in [0.29, 0.717) is 26.1 Å². The van der Waals surface area contributed by atoms with Gasteiger partial charge in [-0.2, -0.15) is 0 Å². The lowest BCUT2D eigenvalue weighted by Gasteiger charge is -2.27. The topological polar surface area (TPSA) is 48.5 Å². The van der Waals surface area contributed by atoms with E-state index in [2.05, 4.69) is 21.3 Å². The highest BCUT2D eigenvalue weighted by molar-refractivity contribution is 7.10. The van der Waals surface area contributed by atoms with Crippen molar-refractivity contribution >= 4 is 17.4 Å². The molecule has 5 nitrogen and oxygen atoms in total. The zero-order valence-electron chi connectivity index (χ0n) is 17.3. The summed E-state index contributed by atoms with van der Waals surface area (Å²) < 4.78 is 13.3. The number of nitrogens with zero attached hydrogens (tertiary/aromatic N) is 3. The summed E-state index contributed by atoms with van der Waals surface area (Å²) in [6, 6.07) is 16.1. The minimum absolute atomic E-state index is 0.109. The number of hydrogen-bond donors (Lipinski definition) is 1. The van der Waals surface area contributed by atoms with E-state index in [9.17, 15) is 9.18 Å². The molecule has 2 heterocycles. The van der Waals surface area contributed by atoms with Crippen molar-refractivity contribution in [2.75, 3.05) is 27.2 Å². The molecule has 1 atom stereocenters. The van der Waals surface area contributed by atoms with Gasteiger partial charge in [0.15, 0.2) is 0 Å². The number of aromatic nitrogens is 1. The highest BCUT2D eigenvalue weighted by Gasteiger charge is 2.19. The maximum atomic E-state index is 13.3. The average Bonchev–Trinajstić information content (AvgIpc) is 3.27. The fraction of sp³-hybridized carbons (Fsp3) is 0.304. The highest BCUT2D eigenvalue weighted by atomic mass is 32.1. The minimum Gasteiger partial charge on any atom is -0.336 e. The Labute approximate surface area is 181 Å². The zero-order valence-corrected chi connectivity index (χ0v) is 18.1. The Morgan fingerprint density at radius 2 is 1.93 bits per heavy atom. The molecule has 0 saturated heterocycles. The van der Waals surface area contributed by atoms with Crippen LogP contribution in [0.15, 0.2) is 66.2 Å². The average molecular weight is 427 g/mol. The van der Waals surface area contributed by atoms with Crippen LogP contribution in [0.1, 0.15) is 22.2 Å². The molecule has 2 aromatic heterocycles. The largest absolute Gasteiger partial charge is 0.336 e. The van der Waals surface area contributed by atoms with Crippen LogP contribution in [0.2, 0.25) is 0 Å². The summed E-state index contributed by atoms with van der Waals surface area (Å²) in [7, 11) is 4.02. The first-order chi connectivity index (χ1) is 14.5. The minimum atomic E-state index is -0.284. The standard InChI is InChI=1S/C23H27FN4OS/c1-27(2)21(22-7-5-15-30-22)16-26-23(29)28(14-12-20-6-3-4-13-25-20)17-18-8-10-19(24)11-9-18/h3-11,13,15,21H,12,14,16-17H2,1-2H3,(H,26,29). The Hall–Kier alpha value is -2.77. The summed E-state index contributed by atoms with van der Waals surface area (Å²) >= 11 is 1.68. The normalized spacial score (nSPS) is 12.0. The van der Waals surface area contributed by atoms with Crippen LogP contribution in [0, 0.1) is 5.82 Å². The molecule has 30 heavy (non-hydrogen) atoms. The van der Waals surface area contributed by atoms with E-state index in [4.69, 9.17) is 0 Å².